The molecule has 2 aliphatic heterocycles. The number of guanidine groups is 1. The zero-order valence-corrected chi connectivity index (χ0v) is 19.7. The summed E-state index contributed by atoms with van der Waals surface area (Å²) in [6.07, 6.45) is 5.53. The number of piperidine rings is 2. The lowest BCUT2D eigenvalue weighted by atomic mass is 9.94. The van der Waals surface area contributed by atoms with Crippen LogP contribution in [-0.2, 0) is 9.53 Å². The summed E-state index contributed by atoms with van der Waals surface area (Å²) in [6, 6.07) is 0. The molecule has 0 amide bonds. The van der Waals surface area contributed by atoms with Crippen LogP contribution in [0.1, 0.15) is 52.9 Å². The molecule has 0 spiro atoms. The van der Waals surface area contributed by atoms with Gasteiger partial charge >= 0.3 is 5.97 Å². The molecule has 0 atom stereocenters. The minimum Gasteiger partial charge on any atom is -0.466 e. The number of ether oxygens (including phenoxy) is 1. The van der Waals surface area contributed by atoms with Crippen LogP contribution in [0, 0.1) is 11.8 Å². The first-order valence-corrected chi connectivity index (χ1v) is 10.6. The zero-order chi connectivity index (χ0) is 18.8. The van der Waals surface area contributed by atoms with E-state index in [0.717, 1.165) is 50.9 Å². The van der Waals surface area contributed by atoms with Crippen molar-refractivity contribution in [2.24, 2.45) is 16.8 Å². The topological polar surface area (TPSA) is 57.2 Å². The first-order chi connectivity index (χ1) is 12.7. The summed E-state index contributed by atoms with van der Waals surface area (Å²) in [5.74, 6) is 1.85. The van der Waals surface area contributed by atoms with Gasteiger partial charge in [-0.2, -0.15) is 0 Å². The average molecular weight is 494 g/mol. The number of nitrogens with zero attached hydrogens (tertiary/aromatic N) is 3. The van der Waals surface area contributed by atoms with E-state index in [2.05, 4.69) is 29.0 Å². The number of halogens is 1. The third kappa shape index (κ3) is 8.13. The Morgan fingerprint density at radius 3 is 2.30 bits per heavy atom. The van der Waals surface area contributed by atoms with E-state index in [1.807, 2.05) is 6.92 Å². The van der Waals surface area contributed by atoms with Gasteiger partial charge in [-0.25, -0.2) is 0 Å². The molecule has 27 heavy (non-hydrogen) atoms. The molecule has 0 saturated carbocycles. The summed E-state index contributed by atoms with van der Waals surface area (Å²) in [7, 11) is 0. The van der Waals surface area contributed by atoms with Gasteiger partial charge in [0.25, 0.3) is 0 Å². The number of nitrogens with one attached hydrogen (secondary N) is 1. The Bertz CT molecular complexity index is 445. The predicted octanol–water partition coefficient (Wildman–Crippen LogP) is 2.97. The van der Waals surface area contributed by atoms with Gasteiger partial charge in [-0.1, -0.05) is 6.92 Å². The smallest absolute Gasteiger partial charge is 0.309 e. The molecule has 158 valence electrons. The van der Waals surface area contributed by atoms with E-state index in [-0.39, 0.29) is 35.9 Å². The van der Waals surface area contributed by atoms with Gasteiger partial charge in [0.05, 0.1) is 12.5 Å². The molecule has 2 heterocycles. The third-order valence-corrected chi connectivity index (χ3v) is 5.70. The summed E-state index contributed by atoms with van der Waals surface area (Å²) in [4.78, 5) is 21.6. The Hall–Kier alpha value is -0.570. The molecule has 0 aromatic rings. The van der Waals surface area contributed by atoms with E-state index in [0.29, 0.717) is 6.61 Å². The highest BCUT2D eigenvalue weighted by Crippen LogP contribution is 2.21. The standard InChI is InChI=1S/C20H38N4O2.HI/c1-4-21-20(22-12-7-17-8-13-23(5-2)14-9-17)24-15-10-18(11-16-24)19(25)26-6-3;/h17-18H,4-16H2,1-3H3,(H,21,22);1H. The van der Waals surface area contributed by atoms with Crippen LogP contribution in [-0.4, -0.2) is 74.1 Å². The number of hydrogen-bond donors (Lipinski definition) is 1. The predicted molar refractivity (Wildman–Crippen MR) is 122 cm³/mol. The lowest BCUT2D eigenvalue weighted by molar-refractivity contribution is -0.149. The van der Waals surface area contributed by atoms with E-state index < -0.39 is 0 Å². The van der Waals surface area contributed by atoms with Crippen molar-refractivity contribution in [1.29, 1.82) is 0 Å². The normalized spacial score (nSPS) is 20.3. The largest absolute Gasteiger partial charge is 0.466 e. The number of aliphatic imine (C=N–C) groups is 1. The molecule has 0 unspecified atom stereocenters. The van der Waals surface area contributed by atoms with E-state index in [1.165, 1.54) is 38.9 Å². The number of esters is 1. The molecule has 7 heteroatoms. The lowest BCUT2D eigenvalue weighted by Crippen LogP contribution is -2.46. The van der Waals surface area contributed by atoms with Crippen LogP contribution < -0.4 is 5.32 Å². The van der Waals surface area contributed by atoms with Crippen LogP contribution in [0.2, 0.25) is 0 Å². The summed E-state index contributed by atoms with van der Waals surface area (Å²) in [6.45, 7) is 13.9. The van der Waals surface area contributed by atoms with Crippen molar-refractivity contribution in [1.82, 2.24) is 15.1 Å². The third-order valence-electron chi connectivity index (χ3n) is 5.70. The molecular weight excluding hydrogens is 455 g/mol. The van der Waals surface area contributed by atoms with E-state index in [9.17, 15) is 4.79 Å². The highest BCUT2D eigenvalue weighted by Gasteiger charge is 2.27. The molecule has 2 saturated heterocycles. The van der Waals surface area contributed by atoms with Crippen molar-refractivity contribution in [3.05, 3.63) is 0 Å². The second-order valence-corrected chi connectivity index (χ2v) is 7.42. The molecule has 0 aliphatic carbocycles. The van der Waals surface area contributed by atoms with Crippen molar-refractivity contribution < 1.29 is 9.53 Å². The van der Waals surface area contributed by atoms with Crippen LogP contribution >= 0.6 is 24.0 Å². The van der Waals surface area contributed by atoms with Crippen LogP contribution in [0.3, 0.4) is 0 Å². The first kappa shape index (κ1) is 24.5. The van der Waals surface area contributed by atoms with E-state index in [4.69, 9.17) is 9.73 Å². The van der Waals surface area contributed by atoms with Crippen LogP contribution in [0.15, 0.2) is 4.99 Å². The minimum atomic E-state index is -0.0347. The maximum Gasteiger partial charge on any atom is 0.309 e. The summed E-state index contributed by atoms with van der Waals surface area (Å²) in [5, 5.41) is 3.43. The quantitative estimate of drug-likeness (QED) is 0.255. The molecule has 6 nitrogen and oxygen atoms in total. The molecule has 0 aromatic carbocycles. The molecule has 0 radical (unpaired) electrons. The number of rotatable bonds is 7. The zero-order valence-electron chi connectivity index (χ0n) is 17.4. The van der Waals surface area contributed by atoms with E-state index in [1.54, 1.807) is 0 Å². The maximum absolute atomic E-state index is 11.9. The fourth-order valence-corrected chi connectivity index (χ4v) is 3.96. The molecule has 2 rings (SSSR count). The van der Waals surface area contributed by atoms with Gasteiger partial charge in [0, 0.05) is 26.2 Å². The molecule has 2 aliphatic rings. The maximum atomic E-state index is 11.9. The van der Waals surface area contributed by atoms with Crippen LogP contribution in [0.25, 0.3) is 0 Å². The lowest BCUT2D eigenvalue weighted by Gasteiger charge is -2.33. The number of carbonyl (C=O) groups excluding carboxylic acids is 1. The van der Waals surface area contributed by atoms with Crippen molar-refractivity contribution >= 4 is 35.9 Å². The second-order valence-electron chi connectivity index (χ2n) is 7.42. The first-order valence-electron chi connectivity index (χ1n) is 10.6. The van der Waals surface area contributed by atoms with Gasteiger partial charge in [-0.3, -0.25) is 9.79 Å². The van der Waals surface area contributed by atoms with Crippen molar-refractivity contribution in [3.63, 3.8) is 0 Å². The van der Waals surface area contributed by atoms with Crippen LogP contribution in [0.4, 0.5) is 0 Å². The monoisotopic (exact) mass is 494 g/mol. The Morgan fingerprint density at radius 2 is 1.74 bits per heavy atom. The Balaban J connectivity index is 0.00000364. The molecule has 2 fully saturated rings. The summed E-state index contributed by atoms with van der Waals surface area (Å²) >= 11 is 0. The minimum absolute atomic E-state index is 0. The highest BCUT2D eigenvalue weighted by molar-refractivity contribution is 14.0. The summed E-state index contributed by atoms with van der Waals surface area (Å²) in [5.41, 5.74) is 0. The van der Waals surface area contributed by atoms with Gasteiger partial charge in [0.15, 0.2) is 5.96 Å². The number of likely N-dealkylation sites (tertiary alicyclic amines) is 2. The van der Waals surface area contributed by atoms with Crippen molar-refractivity contribution in [3.8, 4) is 0 Å². The summed E-state index contributed by atoms with van der Waals surface area (Å²) < 4.78 is 5.17. The Kier molecular flexibility index (Phi) is 12.3. The van der Waals surface area contributed by atoms with E-state index >= 15 is 0 Å². The fraction of sp³-hybridized carbons (Fsp3) is 0.900. The Labute approximate surface area is 182 Å². The Morgan fingerprint density at radius 1 is 1.07 bits per heavy atom. The van der Waals surface area contributed by atoms with Gasteiger partial charge in [-0.15, -0.1) is 24.0 Å². The van der Waals surface area contributed by atoms with Crippen molar-refractivity contribution in [2.75, 3.05) is 52.4 Å². The van der Waals surface area contributed by atoms with Crippen molar-refractivity contribution in [2.45, 2.75) is 52.9 Å². The molecule has 0 aromatic heterocycles. The van der Waals surface area contributed by atoms with Gasteiger partial charge < -0.3 is 19.9 Å². The van der Waals surface area contributed by atoms with Gasteiger partial charge in [-0.05, 0) is 71.5 Å². The SMILES string of the molecule is CCNC(=NCCC1CCN(CC)CC1)N1CCC(C(=O)OCC)CC1.I. The highest BCUT2D eigenvalue weighted by atomic mass is 127. The molecule has 0 bridgehead atoms. The van der Waals surface area contributed by atoms with Gasteiger partial charge in [0.2, 0.25) is 0 Å². The fourth-order valence-electron chi connectivity index (χ4n) is 3.96. The molecular formula is C20H39IN4O2. The number of hydrogen-bond acceptors (Lipinski definition) is 4. The molecule has 1 N–H and O–H groups in total. The second kappa shape index (κ2) is 13.6. The average Bonchev–Trinajstić information content (AvgIpc) is 2.68. The number of carbonyl (C=O) groups is 1. The van der Waals surface area contributed by atoms with Crippen LogP contribution in [0.5, 0.6) is 0 Å². The van der Waals surface area contributed by atoms with Gasteiger partial charge in [0.1, 0.15) is 0 Å².